The van der Waals surface area contributed by atoms with E-state index in [0.29, 0.717) is 17.5 Å². The second-order valence-corrected chi connectivity index (χ2v) is 9.88. The summed E-state index contributed by atoms with van der Waals surface area (Å²) >= 11 is 0. The van der Waals surface area contributed by atoms with Crippen molar-refractivity contribution in [2.75, 3.05) is 17.5 Å². The number of rotatable bonds is 11. The van der Waals surface area contributed by atoms with Crippen molar-refractivity contribution in [3.05, 3.63) is 95.1 Å². The van der Waals surface area contributed by atoms with Crippen molar-refractivity contribution in [1.82, 2.24) is 5.32 Å². The van der Waals surface area contributed by atoms with E-state index >= 15 is 0 Å². The number of hydrogen-bond donors (Lipinski definition) is 5. The number of benzene rings is 3. The molecule has 34 heavy (non-hydrogen) atoms. The van der Waals surface area contributed by atoms with Gasteiger partial charge in [-0.05, 0) is 40.8 Å². The van der Waals surface area contributed by atoms with Crippen LogP contribution >= 0.6 is 0 Å². The van der Waals surface area contributed by atoms with E-state index in [-0.39, 0.29) is 30.4 Å². The first kappa shape index (κ1) is 25.2. The molecular formula is C25H28N2O6S. The maximum atomic E-state index is 11.5. The second kappa shape index (κ2) is 11.1. The first-order chi connectivity index (χ1) is 16.1. The SMILES string of the molecule is CS(=O)(=O)Nc1cc(C(O)CN[C@@H](Cc2ccccc2)c2ccc(CC(=O)O)cc2)ccc1O. The quantitative estimate of drug-likeness (QED) is 0.264. The second-order valence-electron chi connectivity index (χ2n) is 8.13. The van der Waals surface area contributed by atoms with Crippen LogP contribution in [0.15, 0.2) is 72.8 Å². The minimum Gasteiger partial charge on any atom is -0.506 e. The summed E-state index contributed by atoms with van der Waals surface area (Å²) in [6.45, 7) is 0.164. The third-order valence-electron chi connectivity index (χ3n) is 5.28. The van der Waals surface area contributed by atoms with Crippen LogP contribution in [0.25, 0.3) is 0 Å². The summed E-state index contributed by atoms with van der Waals surface area (Å²) < 4.78 is 25.3. The number of phenols is 1. The van der Waals surface area contributed by atoms with E-state index in [2.05, 4.69) is 10.0 Å². The summed E-state index contributed by atoms with van der Waals surface area (Å²) in [5.74, 6) is -1.13. The van der Waals surface area contributed by atoms with Gasteiger partial charge in [-0.3, -0.25) is 9.52 Å². The largest absolute Gasteiger partial charge is 0.506 e. The Balaban J connectivity index is 1.77. The number of aliphatic carboxylic acids is 1. The van der Waals surface area contributed by atoms with Crippen molar-refractivity contribution in [3.8, 4) is 5.75 Å². The molecule has 9 heteroatoms. The third kappa shape index (κ3) is 7.58. The fraction of sp³-hybridized carbons (Fsp3) is 0.240. The van der Waals surface area contributed by atoms with E-state index in [1.807, 2.05) is 42.5 Å². The molecule has 0 bridgehead atoms. The van der Waals surface area contributed by atoms with Gasteiger partial charge in [0.15, 0.2) is 0 Å². The minimum absolute atomic E-state index is 0.00564. The summed E-state index contributed by atoms with van der Waals surface area (Å²) in [5, 5.41) is 33.0. The molecule has 0 fully saturated rings. The zero-order chi connectivity index (χ0) is 24.7. The summed E-state index contributed by atoms with van der Waals surface area (Å²) in [4.78, 5) is 11.0. The van der Waals surface area contributed by atoms with Gasteiger partial charge in [-0.15, -0.1) is 0 Å². The molecule has 3 rings (SSSR count). The molecule has 1 unspecified atom stereocenters. The van der Waals surface area contributed by atoms with Crippen LogP contribution in [0.4, 0.5) is 5.69 Å². The Bertz CT molecular complexity index is 1210. The van der Waals surface area contributed by atoms with E-state index in [4.69, 9.17) is 5.11 Å². The Hall–Kier alpha value is -3.40. The normalized spacial score (nSPS) is 13.2. The van der Waals surface area contributed by atoms with Gasteiger partial charge in [-0.2, -0.15) is 0 Å². The van der Waals surface area contributed by atoms with Gasteiger partial charge in [0.25, 0.3) is 0 Å². The van der Waals surface area contributed by atoms with Crippen molar-refractivity contribution in [3.63, 3.8) is 0 Å². The lowest BCUT2D eigenvalue weighted by molar-refractivity contribution is -0.136. The molecule has 0 aliphatic rings. The maximum absolute atomic E-state index is 11.5. The lowest BCUT2D eigenvalue weighted by atomic mass is 9.97. The topological polar surface area (TPSA) is 136 Å². The Kier molecular flexibility index (Phi) is 8.27. The molecular weight excluding hydrogens is 456 g/mol. The van der Waals surface area contributed by atoms with Crippen LogP contribution < -0.4 is 10.0 Å². The number of anilines is 1. The van der Waals surface area contributed by atoms with Gasteiger partial charge < -0.3 is 20.6 Å². The molecule has 2 atom stereocenters. The number of aromatic hydroxyl groups is 1. The fourth-order valence-corrected chi connectivity index (χ4v) is 4.18. The van der Waals surface area contributed by atoms with Gasteiger partial charge in [-0.1, -0.05) is 60.7 Å². The zero-order valence-corrected chi connectivity index (χ0v) is 19.5. The van der Waals surface area contributed by atoms with E-state index < -0.39 is 22.1 Å². The van der Waals surface area contributed by atoms with Crippen LogP contribution in [-0.2, 0) is 27.7 Å². The molecule has 3 aromatic carbocycles. The number of aliphatic hydroxyl groups excluding tert-OH is 1. The van der Waals surface area contributed by atoms with E-state index in [1.165, 1.54) is 18.2 Å². The van der Waals surface area contributed by atoms with E-state index in [9.17, 15) is 23.4 Å². The monoisotopic (exact) mass is 484 g/mol. The van der Waals surface area contributed by atoms with Crippen LogP contribution in [0.3, 0.4) is 0 Å². The molecule has 0 aliphatic heterocycles. The van der Waals surface area contributed by atoms with Gasteiger partial charge in [-0.25, -0.2) is 8.42 Å². The Morgan fingerprint density at radius 3 is 2.21 bits per heavy atom. The summed E-state index contributed by atoms with van der Waals surface area (Å²) in [6.07, 6.45) is 0.598. The predicted molar refractivity (Wildman–Crippen MR) is 130 cm³/mol. The highest BCUT2D eigenvalue weighted by Gasteiger charge is 2.17. The predicted octanol–water partition coefficient (Wildman–Crippen LogP) is 3.00. The van der Waals surface area contributed by atoms with Gasteiger partial charge >= 0.3 is 5.97 Å². The molecule has 0 saturated heterocycles. The lowest BCUT2D eigenvalue weighted by Crippen LogP contribution is -2.28. The number of carboxylic acid groups (broad SMARTS) is 1. The number of hydrogen-bond acceptors (Lipinski definition) is 6. The van der Waals surface area contributed by atoms with Crippen molar-refractivity contribution in [2.45, 2.75) is 25.0 Å². The van der Waals surface area contributed by atoms with Gasteiger partial charge in [0, 0.05) is 12.6 Å². The van der Waals surface area contributed by atoms with Gasteiger partial charge in [0.05, 0.1) is 24.5 Å². The van der Waals surface area contributed by atoms with Crippen molar-refractivity contribution >= 4 is 21.7 Å². The molecule has 180 valence electrons. The van der Waals surface area contributed by atoms with E-state index in [0.717, 1.165) is 17.4 Å². The Morgan fingerprint density at radius 1 is 0.941 bits per heavy atom. The smallest absolute Gasteiger partial charge is 0.307 e. The molecule has 0 saturated carbocycles. The van der Waals surface area contributed by atoms with Crippen LogP contribution in [0, 0.1) is 0 Å². The third-order valence-corrected chi connectivity index (χ3v) is 5.87. The molecule has 0 radical (unpaired) electrons. The number of carboxylic acids is 1. The van der Waals surface area contributed by atoms with Crippen molar-refractivity contribution in [1.29, 1.82) is 0 Å². The average molecular weight is 485 g/mol. The maximum Gasteiger partial charge on any atom is 0.307 e. The highest BCUT2D eigenvalue weighted by Crippen LogP contribution is 2.28. The summed E-state index contributed by atoms with van der Waals surface area (Å²) in [7, 11) is -3.59. The number of carbonyl (C=O) groups is 1. The van der Waals surface area contributed by atoms with Crippen molar-refractivity contribution in [2.24, 2.45) is 0 Å². The molecule has 8 nitrogen and oxygen atoms in total. The molecule has 0 aliphatic carbocycles. The van der Waals surface area contributed by atoms with Gasteiger partial charge in [0.2, 0.25) is 10.0 Å². The minimum atomic E-state index is -3.59. The molecule has 3 aromatic rings. The number of aliphatic hydroxyl groups is 1. The van der Waals surface area contributed by atoms with Gasteiger partial charge in [0.1, 0.15) is 5.75 Å². The molecule has 5 N–H and O–H groups in total. The molecule has 0 amide bonds. The zero-order valence-electron chi connectivity index (χ0n) is 18.7. The van der Waals surface area contributed by atoms with Crippen LogP contribution in [-0.4, -0.2) is 42.5 Å². The molecule has 0 spiro atoms. The number of phenolic OH excluding ortho intramolecular Hbond substituents is 1. The lowest BCUT2D eigenvalue weighted by Gasteiger charge is -2.22. The standard InChI is InChI=1S/C25H28N2O6S/c1-34(32,33)27-22-15-20(11-12-23(22)28)24(29)16-26-21(13-17-5-3-2-4-6-17)19-9-7-18(8-10-19)14-25(30)31/h2-12,15,21,24,26-29H,13-14,16H2,1H3,(H,30,31)/t21-,24?/m0/s1. The first-order valence-corrected chi connectivity index (χ1v) is 12.6. The number of nitrogens with one attached hydrogen (secondary N) is 2. The van der Waals surface area contributed by atoms with Crippen LogP contribution in [0.2, 0.25) is 0 Å². The summed E-state index contributed by atoms with van der Waals surface area (Å²) in [6, 6.07) is 21.2. The summed E-state index contributed by atoms with van der Waals surface area (Å²) in [5.41, 5.74) is 3.16. The highest BCUT2D eigenvalue weighted by molar-refractivity contribution is 7.92. The Morgan fingerprint density at radius 2 is 1.59 bits per heavy atom. The van der Waals surface area contributed by atoms with Crippen molar-refractivity contribution < 1.29 is 28.5 Å². The number of sulfonamides is 1. The molecule has 0 aromatic heterocycles. The first-order valence-electron chi connectivity index (χ1n) is 10.7. The fourth-order valence-electron chi connectivity index (χ4n) is 3.61. The van der Waals surface area contributed by atoms with Crippen LogP contribution in [0.1, 0.15) is 34.4 Å². The Labute approximate surface area is 199 Å². The average Bonchev–Trinajstić information content (AvgIpc) is 2.78. The highest BCUT2D eigenvalue weighted by atomic mass is 32.2. The van der Waals surface area contributed by atoms with E-state index in [1.54, 1.807) is 12.1 Å². The molecule has 0 heterocycles. The van der Waals surface area contributed by atoms with Crippen LogP contribution in [0.5, 0.6) is 5.75 Å².